The fraction of sp³-hybridized carbons (Fsp3) is 0.267. The van der Waals surface area contributed by atoms with Crippen LogP contribution in [0.4, 0.5) is 0 Å². The van der Waals surface area contributed by atoms with Crippen molar-refractivity contribution in [1.82, 2.24) is 10.3 Å². The molecule has 0 atom stereocenters. The van der Waals surface area contributed by atoms with E-state index < -0.39 is 17.4 Å². The lowest BCUT2D eigenvalue weighted by atomic mass is 9.76. The monoisotopic (exact) mass is 270 g/mol. The Labute approximate surface area is 115 Å². The minimum atomic E-state index is -1.11. The van der Waals surface area contributed by atoms with Gasteiger partial charge in [-0.25, -0.2) is 9.78 Å². The lowest BCUT2D eigenvalue weighted by Gasteiger charge is -2.38. The van der Waals surface area contributed by atoms with Crippen molar-refractivity contribution in [2.45, 2.75) is 24.8 Å². The molecule has 20 heavy (non-hydrogen) atoms. The van der Waals surface area contributed by atoms with E-state index in [0.29, 0.717) is 12.8 Å². The predicted octanol–water partition coefficient (Wildman–Crippen LogP) is 1.97. The quantitative estimate of drug-likeness (QED) is 0.893. The summed E-state index contributed by atoms with van der Waals surface area (Å²) in [6.07, 6.45) is 1.76. The van der Waals surface area contributed by atoms with Crippen molar-refractivity contribution in [1.29, 1.82) is 0 Å². The lowest BCUT2D eigenvalue weighted by molar-refractivity contribution is -0.148. The van der Waals surface area contributed by atoms with Crippen molar-refractivity contribution in [3.05, 3.63) is 42.1 Å². The Morgan fingerprint density at radius 1 is 1.15 bits per heavy atom. The number of carbonyl (C=O) groups excluding carboxylic acids is 1. The molecule has 1 aromatic carbocycles. The molecule has 1 fully saturated rings. The number of benzene rings is 1. The molecule has 1 aromatic heterocycles. The Morgan fingerprint density at radius 2 is 1.90 bits per heavy atom. The number of nitrogens with zero attached hydrogens (tertiary/aromatic N) is 1. The van der Waals surface area contributed by atoms with Crippen LogP contribution in [0.2, 0.25) is 0 Å². The van der Waals surface area contributed by atoms with E-state index in [1.54, 1.807) is 6.07 Å². The van der Waals surface area contributed by atoms with Crippen LogP contribution in [0.1, 0.15) is 29.8 Å². The van der Waals surface area contributed by atoms with Crippen LogP contribution in [0.25, 0.3) is 10.9 Å². The molecular formula is C15H14N2O3. The SMILES string of the molecule is O=C(NC1(C(=O)O)CCC1)c1ccc2ccccc2n1. The van der Waals surface area contributed by atoms with Gasteiger partial charge in [0.2, 0.25) is 0 Å². The van der Waals surface area contributed by atoms with Gasteiger partial charge in [-0.2, -0.15) is 0 Å². The van der Waals surface area contributed by atoms with E-state index in [1.165, 1.54) is 0 Å². The first-order valence-corrected chi connectivity index (χ1v) is 6.52. The molecule has 1 saturated carbocycles. The van der Waals surface area contributed by atoms with Crippen molar-refractivity contribution < 1.29 is 14.7 Å². The third kappa shape index (κ3) is 2.01. The van der Waals surface area contributed by atoms with Gasteiger partial charge in [0.25, 0.3) is 5.91 Å². The molecule has 102 valence electrons. The summed E-state index contributed by atoms with van der Waals surface area (Å²) >= 11 is 0. The van der Waals surface area contributed by atoms with Crippen LogP contribution in [0.5, 0.6) is 0 Å². The molecule has 0 saturated heterocycles. The van der Waals surface area contributed by atoms with Crippen LogP contribution in [0, 0.1) is 0 Å². The zero-order valence-corrected chi connectivity index (χ0v) is 10.8. The highest BCUT2D eigenvalue weighted by Gasteiger charge is 2.45. The summed E-state index contributed by atoms with van der Waals surface area (Å²) in [7, 11) is 0. The van der Waals surface area contributed by atoms with Crippen LogP contribution in [0.15, 0.2) is 36.4 Å². The number of para-hydroxylation sites is 1. The Kier molecular flexibility index (Phi) is 2.89. The minimum absolute atomic E-state index is 0.247. The number of hydrogen-bond acceptors (Lipinski definition) is 3. The number of rotatable bonds is 3. The first-order valence-electron chi connectivity index (χ1n) is 6.52. The summed E-state index contributed by atoms with van der Waals surface area (Å²) in [4.78, 5) is 27.7. The molecular weight excluding hydrogens is 256 g/mol. The Bertz CT molecular complexity index is 692. The highest BCUT2D eigenvalue weighted by atomic mass is 16.4. The molecule has 5 nitrogen and oxygen atoms in total. The normalized spacial score (nSPS) is 16.4. The number of pyridine rings is 1. The average Bonchev–Trinajstić information content (AvgIpc) is 2.41. The van der Waals surface area contributed by atoms with Crippen LogP contribution < -0.4 is 5.32 Å². The highest BCUT2D eigenvalue weighted by molar-refractivity contribution is 5.98. The largest absolute Gasteiger partial charge is 0.480 e. The zero-order chi connectivity index (χ0) is 14.2. The van der Waals surface area contributed by atoms with E-state index in [1.807, 2.05) is 30.3 Å². The maximum atomic E-state index is 12.2. The van der Waals surface area contributed by atoms with Crippen molar-refractivity contribution in [2.75, 3.05) is 0 Å². The van der Waals surface area contributed by atoms with Crippen LogP contribution >= 0.6 is 0 Å². The average molecular weight is 270 g/mol. The van der Waals surface area contributed by atoms with E-state index >= 15 is 0 Å². The molecule has 1 heterocycles. The number of carboxylic acids is 1. The number of fused-ring (bicyclic) bond motifs is 1. The summed E-state index contributed by atoms with van der Waals surface area (Å²) in [6.45, 7) is 0. The second-order valence-electron chi connectivity index (χ2n) is 5.08. The molecule has 0 unspecified atom stereocenters. The number of aromatic nitrogens is 1. The van der Waals surface area contributed by atoms with Gasteiger partial charge in [0.1, 0.15) is 11.2 Å². The summed E-state index contributed by atoms with van der Waals surface area (Å²) in [6, 6.07) is 10.9. The number of carbonyl (C=O) groups is 2. The first kappa shape index (κ1) is 12.6. The number of amides is 1. The third-order valence-electron chi connectivity index (χ3n) is 3.80. The Balaban J connectivity index is 1.87. The molecule has 2 aromatic rings. The van der Waals surface area contributed by atoms with E-state index in [0.717, 1.165) is 17.3 Å². The van der Waals surface area contributed by atoms with Crippen LogP contribution in [0.3, 0.4) is 0 Å². The van der Waals surface area contributed by atoms with E-state index in [-0.39, 0.29) is 5.69 Å². The maximum absolute atomic E-state index is 12.2. The molecule has 1 aliphatic rings. The van der Waals surface area contributed by atoms with Gasteiger partial charge in [-0.05, 0) is 31.4 Å². The van der Waals surface area contributed by atoms with Crippen LogP contribution in [-0.4, -0.2) is 27.5 Å². The summed E-state index contributed by atoms with van der Waals surface area (Å²) < 4.78 is 0. The zero-order valence-electron chi connectivity index (χ0n) is 10.8. The van der Waals surface area contributed by atoms with Crippen LogP contribution in [-0.2, 0) is 4.79 Å². The molecule has 3 rings (SSSR count). The van der Waals surface area contributed by atoms with E-state index in [9.17, 15) is 14.7 Å². The fourth-order valence-corrected chi connectivity index (χ4v) is 2.40. The van der Waals surface area contributed by atoms with Gasteiger partial charge >= 0.3 is 5.97 Å². The highest BCUT2D eigenvalue weighted by Crippen LogP contribution is 2.32. The molecule has 1 amide bonds. The van der Waals surface area contributed by atoms with Gasteiger partial charge in [0.05, 0.1) is 5.52 Å². The molecule has 0 spiro atoms. The Hall–Kier alpha value is -2.43. The van der Waals surface area contributed by atoms with Gasteiger partial charge in [-0.15, -0.1) is 0 Å². The minimum Gasteiger partial charge on any atom is -0.480 e. The predicted molar refractivity (Wildman–Crippen MR) is 73.4 cm³/mol. The van der Waals surface area contributed by atoms with E-state index in [2.05, 4.69) is 10.3 Å². The van der Waals surface area contributed by atoms with Crippen molar-refractivity contribution in [3.8, 4) is 0 Å². The van der Waals surface area contributed by atoms with Gasteiger partial charge in [-0.3, -0.25) is 4.79 Å². The van der Waals surface area contributed by atoms with Crippen molar-refractivity contribution in [2.24, 2.45) is 0 Å². The standard InChI is InChI=1S/C15H14N2O3/c18-13(17-15(14(19)20)8-3-9-15)12-7-6-10-4-1-2-5-11(10)16-12/h1-2,4-7H,3,8-9H2,(H,17,18)(H,19,20). The molecule has 0 radical (unpaired) electrons. The summed E-state index contributed by atoms with van der Waals surface area (Å²) in [5, 5.41) is 12.8. The fourth-order valence-electron chi connectivity index (χ4n) is 2.40. The van der Waals surface area contributed by atoms with Gasteiger partial charge < -0.3 is 10.4 Å². The number of carboxylic acid groups (broad SMARTS) is 1. The third-order valence-corrected chi connectivity index (χ3v) is 3.80. The van der Waals surface area contributed by atoms with Crippen molar-refractivity contribution >= 4 is 22.8 Å². The topological polar surface area (TPSA) is 79.3 Å². The maximum Gasteiger partial charge on any atom is 0.329 e. The molecule has 0 aliphatic heterocycles. The molecule has 0 bridgehead atoms. The lowest BCUT2D eigenvalue weighted by Crippen LogP contribution is -2.59. The smallest absolute Gasteiger partial charge is 0.329 e. The first-order chi connectivity index (χ1) is 9.61. The second kappa shape index (κ2) is 4.59. The van der Waals surface area contributed by atoms with Gasteiger partial charge in [0.15, 0.2) is 0 Å². The van der Waals surface area contributed by atoms with Crippen molar-refractivity contribution in [3.63, 3.8) is 0 Å². The molecule has 5 heteroatoms. The number of aliphatic carboxylic acids is 1. The van der Waals surface area contributed by atoms with E-state index in [4.69, 9.17) is 0 Å². The van der Waals surface area contributed by atoms with Gasteiger partial charge in [-0.1, -0.05) is 24.3 Å². The number of hydrogen-bond donors (Lipinski definition) is 2. The number of nitrogens with one attached hydrogen (secondary N) is 1. The second-order valence-corrected chi connectivity index (χ2v) is 5.08. The summed E-state index contributed by atoms with van der Waals surface area (Å²) in [5.74, 6) is -1.41. The Morgan fingerprint density at radius 3 is 2.55 bits per heavy atom. The molecule has 1 aliphatic carbocycles. The summed E-state index contributed by atoms with van der Waals surface area (Å²) in [5.41, 5.74) is -0.140. The molecule has 2 N–H and O–H groups in total. The van der Waals surface area contributed by atoms with Gasteiger partial charge in [0, 0.05) is 5.39 Å².